The average molecular weight is 464 g/mol. The van der Waals surface area contributed by atoms with Crippen LogP contribution in [-0.4, -0.2) is 42.2 Å². The predicted octanol–water partition coefficient (Wildman–Crippen LogP) is 6.12. The van der Waals surface area contributed by atoms with Crippen LogP contribution < -0.4 is 9.47 Å². The standard InChI is InChI=1S/C30H29N3O2/c1-34-26-12-8-23(9-13-26)28-20-31-30(32-29(28)24-10-14-27(35-2)15-11-24)25-16-18-33(19-17-25)21-22-6-4-3-5-7-22/h3-16,20H,17-19,21H2,1-2H3. The van der Waals surface area contributed by atoms with Crippen LogP contribution in [0.15, 0.2) is 91.1 Å². The van der Waals surface area contributed by atoms with Gasteiger partial charge in [-0.25, -0.2) is 9.97 Å². The molecule has 35 heavy (non-hydrogen) atoms. The van der Waals surface area contributed by atoms with Gasteiger partial charge in [0.15, 0.2) is 5.82 Å². The zero-order valence-corrected chi connectivity index (χ0v) is 20.1. The summed E-state index contributed by atoms with van der Waals surface area (Å²) in [7, 11) is 3.35. The van der Waals surface area contributed by atoms with Crippen LogP contribution in [0.5, 0.6) is 11.5 Å². The topological polar surface area (TPSA) is 47.5 Å². The summed E-state index contributed by atoms with van der Waals surface area (Å²) < 4.78 is 10.7. The molecule has 1 aromatic heterocycles. The van der Waals surface area contributed by atoms with Gasteiger partial charge in [0.1, 0.15) is 11.5 Å². The maximum Gasteiger partial charge on any atom is 0.155 e. The van der Waals surface area contributed by atoms with Crippen LogP contribution in [-0.2, 0) is 6.54 Å². The van der Waals surface area contributed by atoms with E-state index in [0.29, 0.717) is 0 Å². The SMILES string of the molecule is COc1ccc(-c2cnc(C3=CCN(Cc4ccccc4)CC3)nc2-c2ccc(OC)cc2)cc1. The Kier molecular flexibility index (Phi) is 6.87. The first-order chi connectivity index (χ1) is 17.2. The molecular formula is C30H29N3O2. The third-order valence-corrected chi connectivity index (χ3v) is 6.38. The predicted molar refractivity (Wildman–Crippen MR) is 140 cm³/mol. The summed E-state index contributed by atoms with van der Waals surface area (Å²) in [5.41, 5.74) is 6.52. The van der Waals surface area contributed by atoms with E-state index in [9.17, 15) is 0 Å². The van der Waals surface area contributed by atoms with Gasteiger partial charge in [0.2, 0.25) is 0 Å². The summed E-state index contributed by atoms with van der Waals surface area (Å²) in [5, 5.41) is 0. The molecule has 0 saturated carbocycles. The first-order valence-corrected chi connectivity index (χ1v) is 11.8. The van der Waals surface area contributed by atoms with Gasteiger partial charge in [-0.1, -0.05) is 48.5 Å². The lowest BCUT2D eigenvalue weighted by molar-refractivity contribution is 0.293. The quantitative estimate of drug-likeness (QED) is 0.331. The Morgan fingerprint density at radius 1 is 0.800 bits per heavy atom. The first-order valence-electron chi connectivity index (χ1n) is 11.8. The van der Waals surface area contributed by atoms with Crippen LogP contribution in [0.2, 0.25) is 0 Å². The number of nitrogens with zero attached hydrogens (tertiary/aromatic N) is 3. The average Bonchev–Trinajstić information content (AvgIpc) is 2.94. The van der Waals surface area contributed by atoms with Gasteiger partial charge in [-0.3, -0.25) is 4.90 Å². The van der Waals surface area contributed by atoms with E-state index in [1.54, 1.807) is 14.2 Å². The van der Waals surface area contributed by atoms with Crippen LogP contribution >= 0.6 is 0 Å². The molecular weight excluding hydrogens is 434 g/mol. The molecule has 0 amide bonds. The maximum absolute atomic E-state index is 5.36. The molecule has 5 nitrogen and oxygen atoms in total. The molecule has 0 unspecified atom stereocenters. The smallest absolute Gasteiger partial charge is 0.155 e. The van der Waals surface area contributed by atoms with E-state index >= 15 is 0 Å². The molecule has 1 aliphatic heterocycles. The highest BCUT2D eigenvalue weighted by Gasteiger charge is 2.18. The van der Waals surface area contributed by atoms with E-state index in [0.717, 1.165) is 65.8 Å². The van der Waals surface area contributed by atoms with Crippen molar-refractivity contribution in [2.45, 2.75) is 13.0 Å². The molecule has 0 saturated heterocycles. The molecule has 0 N–H and O–H groups in total. The minimum absolute atomic E-state index is 0.799. The van der Waals surface area contributed by atoms with E-state index in [4.69, 9.17) is 19.4 Å². The van der Waals surface area contributed by atoms with E-state index in [2.05, 4.69) is 53.4 Å². The number of rotatable bonds is 7. The Labute approximate surface area is 206 Å². The lowest BCUT2D eigenvalue weighted by atomic mass is 9.99. The molecule has 5 rings (SSSR count). The number of ether oxygens (including phenoxy) is 2. The van der Waals surface area contributed by atoms with Gasteiger partial charge < -0.3 is 9.47 Å². The van der Waals surface area contributed by atoms with E-state index in [1.807, 2.05) is 42.6 Å². The number of hydrogen-bond acceptors (Lipinski definition) is 5. The van der Waals surface area contributed by atoms with Crippen molar-refractivity contribution in [3.63, 3.8) is 0 Å². The van der Waals surface area contributed by atoms with Crippen LogP contribution in [0.1, 0.15) is 17.8 Å². The molecule has 3 aromatic carbocycles. The van der Waals surface area contributed by atoms with Crippen molar-refractivity contribution < 1.29 is 9.47 Å². The Balaban J connectivity index is 1.45. The second-order valence-electron chi connectivity index (χ2n) is 8.61. The molecule has 1 aliphatic rings. The van der Waals surface area contributed by atoms with Gasteiger partial charge in [0, 0.05) is 37.0 Å². The minimum atomic E-state index is 0.799. The summed E-state index contributed by atoms with van der Waals surface area (Å²) in [6.07, 6.45) is 5.14. The molecule has 0 radical (unpaired) electrons. The molecule has 2 heterocycles. The second-order valence-corrected chi connectivity index (χ2v) is 8.61. The molecule has 0 fully saturated rings. The van der Waals surface area contributed by atoms with E-state index in [1.165, 1.54) is 11.1 Å². The van der Waals surface area contributed by atoms with Crippen molar-refractivity contribution in [2.75, 3.05) is 27.3 Å². The lowest BCUT2D eigenvalue weighted by Gasteiger charge is -2.26. The van der Waals surface area contributed by atoms with Crippen molar-refractivity contribution >= 4 is 5.57 Å². The fourth-order valence-electron chi connectivity index (χ4n) is 4.39. The highest BCUT2D eigenvalue weighted by molar-refractivity contribution is 5.81. The number of aromatic nitrogens is 2. The molecule has 4 aromatic rings. The van der Waals surface area contributed by atoms with Crippen molar-refractivity contribution in [1.82, 2.24) is 14.9 Å². The van der Waals surface area contributed by atoms with Gasteiger partial charge in [0.05, 0.1) is 19.9 Å². The summed E-state index contributed by atoms with van der Waals surface area (Å²) in [6.45, 7) is 2.84. The number of hydrogen-bond donors (Lipinski definition) is 0. The van der Waals surface area contributed by atoms with Crippen LogP contribution in [0.3, 0.4) is 0 Å². The summed E-state index contributed by atoms with van der Waals surface area (Å²) in [5.74, 6) is 2.44. The molecule has 0 spiro atoms. The van der Waals surface area contributed by atoms with Crippen molar-refractivity contribution in [3.05, 3.63) is 103 Å². The zero-order valence-electron chi connectivity index (χ0n) is 20.1. The Morgan fingerprint density at radius 3 is 2.06 bits per heavy atom. The summed E-state index contributed by atoms with van der Waals surface area (Å²) in [6, 6.07) is 26.7. The first kappa shape index (κ1) is 22.8. The van der Waals surface area contributed by atoms with E-state index < -0.39 is 0 Å². The van der Waals surface area contributed by atoms with Crippen molar-refractivity contribution in [3.8, 4) is 33.9 Å². The monoisotopic (exact) mass is 463 g/mol. The Hall–Kier alpha value is -3.96. The minimum Gasteiger partial charge on any atom is -0.497 e. The van der Waals surface area contributed by atoms with Crippen molar-refractivity contribution in [2.24, 2.45) is 0 Å². The van der Waals surface area contributed by atoms with Crippen LogP contribution in [0, 0.1) is 0 Å². The normalized spacial score (nSPS) is 13.8. The van der Waals surface area contributed by atoms with Gasteiger partial charge >= 0.3 is 0 Å². The third kappa shape index (κ3) is 5.26. The maximum atomic E-state index is 5.36. The molecule has 176 valence electrons. The summed E-state index contributed by atoms with van der Waals surface area (Å²) >= 11 is 0. The molecule has 0 atom stereocenters. The lowest BCUT2D eigenvalue weighted by Crippen LogP contribution is -2.28. The van der Waals surface area contributed by atoms with Gasteiger partial charge in [-0.05, 0) is 59.5 Å². The number of methoxy groups -OCH3 is 2. The fraction of sp³-hybridized carbons (Fsp3) is 0.200. The molecule has 0 bridgehead atoms. The van der Waals surface area contributed by atoms with E-state index in [-0.39, 0.29) is 0 Å². The fourth-order valence-corrected chi connectivity index (χ4v) is 4.39. The van der Waals surface area contributed by atoms with Crippen molar-refractivity contribution in [1.29, 1.82) is 0 Å². The van der Waals surface area contributed by atoms with Crippen LogP contribution in [0.25, 0.3) is 28.0 Å². The van der Waals surface area contributed by atoms with Gasteiger partial charge in [-0.2, -0.15) is 0 Å². The van der Waals surface area contributed by atoms with Gasteiger partial charge in [0.25, 0.3) is 0 Å². The highest BCUT2D eigenvalue weighted by atomic mass is 16.5. The van der Waals surface area contributed by atoms with Crippen LogP contribution in [0.4, 0.5) is 0 Å². The molecule has 5 heteroatoms. The highest BCUT2D eigenvalue weighted by Crippen LogP contribution is 2.33. The Morgan fingerprint density at radius 2 is 1.46 bits per heavy atom. The molecule has 0 aliphatic carbocycles. The largest absolute Gasteiger partial charge is 0.497 e. The number of benzene rings is 3. The zero-order chi connectivity index (χ0) is 24.0. The van der Waals surface area contributed by atoms with Gasteiger partial charge in [-0.15, -0.1) is 0 Å². The second kappa shape index (κ2) is 10.5. The summed E-state index contributed by atoms with van der Waals surface area (Å²) in [4.78, 5) is 12.3. The third-order valence-electron chi connectivity index (χ3n) is 6.38. The Bertz CT molecular complexity index is 1300.